The number of nitrogens with zero attached hydrogens (tertiary/aromatic N) is 2. The Balaban J connectivity index is 1.47. The molecule has 6 aromatic carbocycles. The highest BCUT2D eigenvalue weighted by molar-refractivity contribution is 6.22. The molecule has 0 bridgehead atoms. The third-order valence-electron chi connectivity index (χ3n) is 7.79. The van der Waals surface area contributed by atoms with Crippen molar-refractivity contribution in [3.05, 3.63) is 146 Å². The molecule has 0 radical (unpaired) electrons. The van der Waals surface area contributed by atoms with E-state index in [0.29, 0.717) is 11.8 Å². The van der Waals surface area contributed by atoms with Crippen LogP contribution in [0, 0.1) is 0 Å². The average molecular weight is 541 g/mol. The third-order valence-corrected chi connectivity index (χ3v) is 7.79. The highest BCUT2D eigenvalue weighted by Gasteiger charge is 2.19. The standard InChI is InChI=1S/C38H24N2O2/c1-2-8-25(9-3-1)26-16-17-33-34(24-26)36(28-11-7-13-30(23-28)38-40-19-21-42-38)32-15-5-4-14-31(32)35(33)27-10-6-12-29(22-27)37-39-18-20-41-37/h1-24H. The molecule has 8 rings (SSSR count). The van der Waals surface area contributed by atoms with E-state index in [1.165, 1.54) is 43.8 Å². The maximum absolute atomic E-state index is 5.66. The summed E-state index contributed by atoms with van der Waals surface area (Å²) < 4.78 is 11.3. The number of hydrogen-bond acceptors (Lipinski definition) is 4. The van der Waals surface area contributed by atoms with Gasteiger partial charge in [0.2, 0.25) is 11.8 Å². The first-order valence-electron chi connectivity index (χ1n) is 13.9. The number of benzene rings is 6. The van der Waals surface area contributed by atoms with Gasteiger partial charge in [-0.2, -0.15) is 0 Å². The average Bonchev–Trinajstić information content (AvgIpc) is 3.80. The lowest BCUT2D eigenvalue weighted by Crippen LogP contribution is -1.92. The fraction of sp³-hybridized carbons (Fsp3) is 0. The number of aromatic nitrogens is 2. The molecule has 0 saturated heterocycles. The van der Waals surface area contributed by atoms with Crippen LogP contribution in [0.15, 0.2) is 155 Å². The van der Waals surface area contributed by atoms with E-state index in [0.717, 1.165) is 22.3 Å². The van der Waals surface area contributed by atoms with Crippen molar-refractivity contribution in [3.63, 3.8) is 0 Å². The minimum absolute atomic E-state index is 0.607. The number of hydrogen-bond donors (Lipinski definition) is 0. The van der Waals surface area contributed by atoms with E-state index in [2.05, 4.69) is 119 Å². The van der Waals surface area contributed by atoms with Crippen molar-refractivity contribution < 1.29 is 8.83 Å². The van der Waals surface area contributed by atoms with E-state index >= 15 is 0 Å². The van der Waals surface area contributed by atoms with Crippen LogP contribution < -0.4 is 0 Å². The zero-order valence-corrected chi connectivity index (χ0v) is 22.6. The summed E-state index contributed by atoms with van der Waals surface area (Å²) in [7, 11) is 0. The van der Waals surface area contributed by atoms with Gasteiger partial charge in [-0.25, -0.2) is 9.97 Å². The number of fused-ring (bicyclic) bond motifs is 2. The molecule has 0 fully saturated rings. The van der Waals surface area contributed by atoms with Gasteiger partial charge in [0.1, 0.15) is 12.5 Å². The van der Waals surface area contributed by atoms with Gasteiger partial charge in [0.05, 0.1) is 12.4 Å². The Hall–Kier alpha value is -5.74. The van der Waals surface area contributed by atoms with Crippen LogP contribution in [-0.4, -0.2) is 9.97 Å². The van der Waals surface area contributed by atoms with E-state index in [9.17, 15) is 0 Å². The smallest absolute Gasteiger partial charge is 0.225 e. The predicted molar refractivity (Wildman–Crippen MR) is 169 cm³/mol. The molecule has 198 valence electrons. The fourth-order valence-corrected chi connectivity index (χ4v) is 5.96. The lowest BCUT2D eigenvalue weighted by Gasteiger charge is -2.19. The van der Waals surface area contributed by atoms with E-state index in [4.69, 9.17) is 8.83 Å². The molecular weight excluding hydrogens is 516 g/mol. The molecule has 4 nitrogen and oxygen atoms in total. The minimum Gasteiger partial charge on any atom is -0.445 e. The van der Waals surface area contributed by atoms with Crippen LogP contribution in [0.3, 0.4) is 0 Å². The summed E-state index contributed by atoms with van der Waals surface area (Å²) in [6.45, 7) is 0. The highest BCUT2D eigenvalue weighted by Crippen LogP contribution is 2.45. The van der Waals surface area contributed by atoms with Gasteiger partial charge >= 0.3 is 0 Å². The van der Waals surface area contributed by atoms with E-state index in [1.807, 2.05) is 12.1 Å². The normalized spacial score (nSPS) is 11.3. The summed E-state index contributed by atoms with van der Waals surface area (Å²) in [5.41, 5.74) is 8.81. The van der Waals surface area contributed by atoms with Gasteiger partial charge < -0.3 is 8.83 Å². The van der Waals surface area contributed by atoms with Crippen LogP contribution in [-0.2, 0) is 0 Å². The van der Waals surface area contributed by atoms with Gasteiger partial charge in [-0.1, -0.05) is 91.0 Å². The molecule has 4 heteroatoms. The summed E-state index contributed by atoms with van der Waals surface area (Å²) in [5, 5.41) is 4.71. The Morgan fingerprint density at radius 3 is 1.43 bits per heavy atom. The quantitative estimate of drug-likeness (QED) is 0.204. The molecule has 2 heterocycles. The minimum atomic E-state index is 0.607. The second-order valence-corrected chi connectivity index (χ2v) is 10.3. The molecule has 8 aromatic rings. The van der Waals surface area contributed by atoms with E-state index < -0.39 is 0 Å². The Morgan fingerprint density at radius 2 is 0.857 bits per heavy atom. The molecule has 42 heavy (non-hydrogen) atoms. The molecule has 0 aliphatic heterocycles. The summed E-state index contributed by atoms with van der Waals surface area (Å²) in [4.78, 5) is 8.80. The summed E-state index contributed by atoms with van der Waals surface area (Å²) in [5.74, 6) is 1.22. The Morgan fingerprint density at radius 1 is 0.357 bits per heavy atom. The van der Waals surface area contributed by atoms with Gasteiger partial charge in [-0.3, -0.25) is 0 Å². The van der Waals surface area contributed by atoms with Crippen molar-refractivity contribution in [2.45, 2.75) is 0 Å². The summed E-state index contributed by atoms with van der Waals surface area (Å²) in [6, 6.07) is 42.9. The fourth-order valence-electron chi connectivity index (χ4n) is 5.96. The summed E-state index contributed by atoms with van der Waals surface area (Å²) >= 11 is 0. The van der Waals surface area contributed by atoms with Crippen LogP contribution in [0.25, 0.3) is 77.8 Å². The van der Waals surface area contributed by atoms with Gasteiger partial charge in [-0.05, 0) is 85.3 Å². The number of rotatable bonds is 5. The van der Waals surface area contributed by atoms with Crippen molar-refractivity contribution in [3.8, 4) is 56.3 Å². The van der Waals surface area contributed by atoms with Crippen molar-refractivity contribution in [2.24, 2.45) is 0 Å². The van der Waals surface area contributed by atoms with E-state index in [-0.39, 0.29) is 0 Å². The largest absolute Gasteiger partial charge is 0.445 e. The predicted octanol–water partition coefficient (Wildman–Crippen LogP) is 10.3. The van der Waals surface area contributed by atoms with Crippen LogP contribution in [0.2, 0.25) is 0 Å². The van der Waals surface area contributed by atoms with Crippen LogP contribution in [0.5, 0.6) is 0 Å². The zero-order valence-electron chi connectivity index (χ0n) is 22.6. The number of oxazole rings is 2. The lowest BCUT2D eigenvalue weighted by atomic mass is 9.84. The van der Waals surface area contributed by atoms with Crippen LogP contribution in [0.1, 0.15) is 0 Å². The Bertz CT molecular complexity index is 2180. The molecule has 0 saturated carbocycles. The maximum atomic E-state index is 5.66. The zero-order chi connectivity index (χ0) is 27.9. The second kappa shape index (κ2) is 10.0. The molecule has 2 aromatic heterocycles. The maximum Gasteiger partial charge on any atom is 0.225 e. The molecular formula is C38H24N2O2. The van der Waals surface area contributed by atoms with Gasteiger partial charge in [-0.15, -0.1) is 0 Å². The topological polar surface area (TPSA) is 52.1 Å². The molecule has 0 N–H and O–H groups in total. The first-order chi connectivity index (χ1) is 20.8. The molecule has 0 aliphatic rings. The first-order valence-corrected chi connectivity index (χ1v) is 13.9. The van der Waals surface area contributed by atoms with Gasteiger partial charge in [0.15, 0.2) is 0 Å². The third kappa shape index (κ3) is 4.09. The van der Waals surface area contributed by atoms with Crippen LogP contribution >= 0.6 is 0 Å². The van der Waals surface area contributed by atoms with Gasteiger partial charge in [0, 0.05) is 11.1 Å². The molecule has 0 unspecified atom stereocenters. The van der Waals surface area contributed by atoms with Gasteiger partial charge in [0.25, 0.3) is 0 Å². The van der Waals surface area contributed by atoms with Crippen molar-refractivity contribution in [2.75, 3.05) is 0 Å². The van der Waals surface area contributed by atoms with Crippen LogP contribution in [0.4, 0.5) is 0 Å². The Labute approximate surface area is 242 Å². The van der Waals surface area contributed by atoms with Crippen molar-refractivity contribution in [1.29, 1.82) is 0 Å². The molecule has 0 amide bonds. The lowest BCUT2D eigenvalue weighted by molar-refractivity contribution is 0.574. The molecule has 0 aliphatic carbocycles. The van der Waals surface area contributed by atoms with Crippen molar-refractivity contribution in [1.82, 2.24) is 9.97 Å². The first kappa shape index (κ1) is 24.1. The summed E-state index contributed by atoms with van der Waals surface area (Å²) in [6.07, 6.45) is 6.58. The monoisotopic (exact) mass is 540 g/mol. The van der Waals surface area contributed by atoms with Crippen molar-refractivity contribution >= 4 is 21.5 Å². The SMILES string of the molecule is c1ccc(-c2ccc3c(-c4cccc(-c5ncco5)c4)c4ccccc4c(-c4cccc(-c5ncco5)c4)c3c2)cc1. The second-order valence-electron chi connectivity index (χ2n) is 10.3. The molecule has 0 atom stereocenters. The molecule has 0 spiro atoms. The Kier molecular flexibility index (Phi) is 5.75. The highest BCUT2D eigenvalue weighted by atomic mass is 16.3. The van der Waals surface area contributed by atoms with E-state index in [1.54, 1.807) is 24.9 Å².